The number of H-pyrrole nitrogens is 1. The normalized spacial score (nSPS) is 10.4. The number of imidazole rings is 1. The molecular formula is C19H25Cl2N3O. The molecule has 0 aliphatic rings. The van der Waals surface area contributed by atoms with Crippen LogP contribution in [0, 0.1) is 0 Å². The quantitative estimate of drug-likeness (QED) is 0.398. The fourth-order valence-corrected chi connectivity index (χ4v) is 2.81. The molecule has 0 bridgehead atoms. The van der Waals surface area contributed by atoms with E-state index in [0.29, 0.717) is 6.61 Å². The second-order valence-electron chi connectivity index (χ2n) is 6.15. The van der Waals surface area contributed by atoms with Crippen molar-refractivity contribution in [1.82, 2.24) is 4.98 Å². The zero-order valence-electron chi connectivity index (χ0n) is 14.6. The van der Waals surface area contributed by atoms with E-state index < -0.39 is 0 Å². The van der Waals surface area contributed by atoms with Crippen molar-refractivity contribution >= 4 is 11.0 Å². The van der Waals surface area contributed by atoms with Gasteiger partial charge in [0.15, 0.2) is 17.6 Å². The molecule has 1 aromatic heterocycles. The zero-order valence-corrected chi connectivity index (χ0v) is 16.1. The summed E-state index contributed by atoms with van der Waals surface area (Å²) in [7, 11) is 4.39. The molecule has 0 atom stereocenters. The molecule has 3 aromatic rings. The summed E-state index contributed by atoms with van der Waals surface area (Å²) in [5, 5.41) is 0. The first-order valence-corrected chi connectivity index (χ1v) is 8.20. The number of aryl methyl sites for hydroxylation is 1. The van der Waals surface area contributed by atoms with Crippen LogP contribution in [0.1, 0.15) is 12.2 Å². The summed E-state index contributed by atoms with van der Waals surface area (Å²) in [4.78, 5) is 4.98. The minimum absolute atomic E-state index is 0. The topological polar surface area (TPSA) is 33.3 Å². The highest BCUT2D eigenvalue weighted by molar-refractivity contribution is 5.70. The van der Waals surface area contributed by atoms with Crippen LogP contribution in [0.25, 0.3) is 11.0 Å². The summed E-state index contributed by atoms with van der Waals surface area (Å²) in [5.41, 5.74) is 2.41. The van der Waals surface area contributed by atoms with E-state index in [4.69, 9.17) is 4.74 Å². The summed E-state index contributed by atoms with van der Waals surface area (Å²) in [5.74, 6) is 2.01. The van der Waals surface area contributed by atoms with Gasteiger partial charge in [-0.15, -0.1) is 0 Å². The molecule has 0 aliphatic heterocycles. The number of aromatic nitrogens is 2. The number of hydrogen-bond acceptors (Lipinski definition) is 1. The van der Waals surface area contributed by atoms with Crippen molar-refractivity contribution in [2.45, 2.75) is 19.6 Å². The number of rotatable bonds is 7. The van der Waals surface area contributed by atoms with Crippen molar-refractivity contribution in [3.05, 3.63) is 60.4 Å². The van der Waals surface area contributed by atoms with Crippen LogP contribution >= 0.6 is 0 Å². The van der Waals surface area contributed by atoms with Gasteiger partial charge >= 0.3 is 0 Å². The zero-order chi connectivity index (χ0) is 16.1. The SMILES string of the molecule is C[NH+](C)CCC[n+]1c(COc2ccccc2)[nH]c2ccccc21.[Cl-].[Cl-]. The lowest BCUT2D eigenvalue weighted by Crippen LogP contribution is -3.05. The number of para-hydroxylation sites is 3. The lowest BCUT2D eigenvalue weighted by atomic mass is 10.3. The monoisotopic (exact) mass is 381 g/mol. The third kappa shape index (κ3) is 5.63. The van der Waals surface area contributed by atoms with E-state index >= 15 is 0 Å². The Kier molecular flexibility index (Phi) is 8.76. The first kappa shape index (κ1) is 21.3. The Balaban J connectivity index is 0.00000156. The first-order valence-electron chi connectivity index (χ1n) is 8.20. The molecular weight excluding hydrogens is 357 g/mol. The molecule has 0 aliphatic carbocycles. The number of nitrogens with zero attached hydrogens (tertiary/aromatic N) is 1. The maximum absolute atomic E-state index is 5.93. The standard InChI is InChI=1S/C19H23N3O.2ClH/c1-21(2)13-8-14-22-18-12-7-6-11-17(18)20-19(22)15-23-16-9-4-3-5-10-16;;/h3-7,9-12H,8,13-15H2,1-2H3;2*1H. The van der Waals surface area contributed by atoms with Gasteiger partial charge in [0.1, 0.15) is 5.75 Å². The van der Waals surface area contributed by atoms with Crippen LogP contribution in [0.2, 0.25) is 0 Å². The van der Waals surface area contributed by atoms with E-state index in [-0.39, 0.29) is 24.8 Å². The van der Waals surface area contributed by atoms with Gasteiger partial charge in [-0.25, -0.2) is 9.55 Å². The number of benzene rings is 2. The average Bonchev–Trinajstić information content (AvgIpc) is 2.92. The summed E-state index contributed by atoms with van der Waals surface area (Å²) in [6.45, 7) is 2.71. The molecule has 0 unspecified atom stereocenters. The fourth-order valence-electron chi connectivity index (χ4n) is 2.81. The van der Waals surface area contributed by atoms with Gasteiger partial charge in [-0.1, -0.05) is 30.3 Å². The molecule has 1 heterocycles. The van der Waals surface area contributed by atoms with Gasteiger partial charge in [-0.05, 0) is 24.3 Å². The molecule has 25 heavy (non-hydrogen) atoms. The minimum Gasteiger partial charge on any atom is -1.00 e. The molecule has 0 radical (unpaired) electrons. The van der Waals surface area contributed by atoms with E-state index in [1.807, 2.05) is 30.3 Å². The number of fused-ring (bicyclic) bond motifs is 1. The van der Waals surface area contributed by atoms with Crippen LogP contribution in [0.5, 0.6) is 5.75 Å². The number of halogens is 2. The summed E-state index contributed by atoms with van der Waals surface area (Å²) in [6.07, 6.45) is 1.15. The van der Waals surface area contributed by atoms with Gasteiger partial charge < -0.3 is 34.5 Å². The van der Waals surface area contributed by atoms with Crippen LogP contribution in [0.4, 0.5) is 0 Å². The molecule has 4 nitrogen and oxygen atoms in total. The highest BCUT2D eigenvalue weighted by Gasteiger charge is 2.18. The minimum atomic E-state index is 0. The van der Waals surface area contributed by atoms with E-state index in [0.717, 1.165) is 36.6 Å². The molecule has 0 saturated heterocycles. The van der Waals surface area contributed by atoms with Crippen LogP contribution in [-0.4, -0.2) is 25.6 Å². The van der Waals surface area contributed by atoms with Crippen molar-refractivity contribution in [2.24, 2.45) is 0 Å². The second kappa shape index (κ2) is 10.3. The van der Waals surface area contributed by atoms with E-state index in [1.165, 1.54) is 10.4 Å². The average molecular weight is 382 g/mol. The third-order valence-electron chi connectivity index (χ3n) is 3.98. The highest BCUT2D eigenvalue weighted by atomic mass is 35.5. The maximum atomic E-state index is 5.93. The molecule has 0 spiro atoms. The predicted molar refractivity (Wildman–Crippen MR) is 91.6 cm³/mol. The van der Waals surface area contributed by atoms with Crippen LogP contribution in [0.3, 0.4) is 0 Å². The van der Waals surface area contributed by atoms with Crippen molar-refractivity contribution in [3.8, 4) is 5.75 Å². The van der Waals surface area contributed by atoms with Crippen LogP contribution in [0.15, 0.2) is 54.6 Å². The molecule has 0 amide bonds. The fraction of sp³-hybridized carbons (Fsp3) is 0.316. The summed E-state index contributed by atoms with van der Waals surface area (Å²) < 4.78 is 8.28. The van der Waals surface area contributed by atoms with Gasteiger partial charge in [0.05, 0.1) is 27.2 Å². The van der Waals surface area contributed by atoms with Crippen molar-refractivity contribution in [1.29, 1.82) is 0 Å². The maximum Gasteiger partial charge on any atom is 0.293 e. The summed E-state index contributed by atoms with van der Waals surface area (Å²) in [6, 6.07) is 18.4. The van der Waals surface area contributed by atoms with Gasteiger partial charge in [-0.3, -0.25) is 0 Å². The Hall–Kier alpha value is -1.75. The Morgan fingerprint density at radius 1 is 0.960 bits per heavy atom. The Labute approximate surface area is 161 Å². The van der Waals surface area contributed by atoms with Crippen molar-refractivity contribution in [3.63, 3.8) is 0 Å². The lowest BCUT2D eigenvalue weighted by Gasteiger charge is -2.07. The number of nitrogens with one attached hydrogen (secondary N) is 2. The largest absolute Gasteiger partial charge is 1.00 e. The molecule has 2 N–H and O–H groups in total. The Bertz CT molecular complexity index is 760. The lowest BCUT2D eigenvalue weighted by molar-refractivity contribution is -0.861. The van der Waals surface area contributed by atoms with Gasteiger partial charge in [0, 0.05) is 6.42 Å². The van der Waals surface area contributed by atoms with E-state index in [9.17, 15) is 0 Å². The molecule has 0 saturated carbocycles. The number of hydrogen-bond donors (Lipinski definition) is 2. The van der Waals surface area contributed by atoms with Crippen molar-refractivity contribution in [2.75, 3.05) is 20.6 Å². The van der Waals surface area contributed by atoms with Crippen LogP contribution < -0.4 is 39.0 Å². The van der Waals surface area contributed by atoms with Crippen LogP contribution in [-0.2, 0) is 13.2 Å². The molecule has 0 fully saturated rings. The molecule has 3 rings (SSSR count). The predicted octanol–water partition coefficient (Wildman–Crippen LogP) is -4.42. The number of ether oxygens (including phenoxy) is 1. The second-order valence-corrected chi connectivity index (χ2v) is 6.15. The van der Waals surface area contributed by atoms with E-state index in [1.54, 1.807) is 0 Å². The first-order chi connectivity index (χ1) is 11.2. The number of quaternary nitrogens is 1. The van der Waals surface area contributed by atoms with Crippen molar-refractivity contribution < 1.29 is 39.0 Å². The molecule has 136 valence electrons. The molecule has 2 aromatic carbocycles. The third-order valence-corrected chi connectivity index (χ3v) is 3.98. The number of aromatic amines is 1. The van der Waals surface area contributed by atoms with E-state index in [2.05, 4.69) is 47.9 Å². The van der Waals surface area contributed by atoms with Gasteiger partial charge in [0.25, 0.3) is 5.82 Å². The Morgan fingerprint density at radius 2 is 1.64 bits per heavy atom. The summed E-state index contributed by atoms with van der Waals surface area (Å²) >= 11 is 0. The molecule has 6 heteroatoms. The van der Waals surface area contributed by atoms with Gasteiger partial charge in [-0.2, -0.15) is 0 Å². The highest BCUT2D eigenvalue weighted by Crippen LogP contribution is 2.13. The van der Waals surface area contributed by atoms with Gasteiger partial charge in [0.2, 0.25) is 0 Å². The smallest absolute Gasteiger partial charge is 0.293 e. The Morgan fingerprint density at radius 3 is 2.36 bits per heavy atom.